The van der Waals surface area contributed by atoms with E-state index in [0.29, 0.717) is 54.5 Å². The van der Waals surface area contributed by atoms with Gasteiger partial charge in [-0.05, 0) is 54.8 Å². The lowest BCUT2D eigenvalue weighted by molar-refractivity contribution is 0.0919. The number of rotatable bonds is 3. The third-order valence-corrected chi connectivity index (χ3v) is 5.92. The van der Waals surface area contributed by atoms with E-state index in [4.69, 9.17) is 4.74 Å². The normalized spacial score (nSPS) is 15.3. The summed E-state index contributed by atoms with van der Waals surface area (Å²) in [4.78, 5) is 39.7. The Labute approximate surface area is 173 Å². The van der Waals surface area contributed by atoms with Crippen LogP contribution in [0.2, 0.25) is 0 Å². The van der Waals surface area contributed by atoms with Crippen molar-refractivity contribution in [2.75, 3.05) is 19.7 Å². The van der Waals surface area contributed by atoms with Crippen molar-refractivity contribution in [2.24, 2.45) is 0 Å². The quantitative estimate of drug-likeness (QED) is 0.643. The van der Waals surface area contributed by atoms with Crippen LogP contribution in [-0.4, -0.2) is 39.8 Å². The van der Waals surface area contributed by atoms with Gasteiger partial charge in [-0.15, -0.1) is 0 Å². The van der Waals surface area contributed by atoms with E-state index in [-0.39, 0.29) is 23.4 Å². The van der Waals surface area contributed by atoms with Gasteiger partial charge in [-0.3, -0.25) is 13.9 Å². The van der Waals surface area contributed by atoms with Gasteiger partial charge in [0.1, 0.15) is 0 Å². The molecule has 0 unspecified atom stereocenters. The Morgan fingerprint density at radius 1 is 1.19 bits per heavy atom. The SMILES string of the molecule is CCOC(=O)N1CCC(n2c(=O)c3cc(Br)cc(Br)c3n(CC)c2=O)CC1. The van der Waals surface area contributed by atoms with Gasteiger partial charge >= 0.3 is 11.8 Å². The molecule has 0 aliphatic carbocycles. The maximum Gasteiger partial charge on any atom is 0.409 e. The fraction of sp³-hybridized carbons (Fsp3) is 0.500. The van der Waals surface area contributed by atoms with Crippen LogP contribution in [0.4, 0.5) is 4.79 Å². The molecule has 1 fully saturated rings. The zero-order valence-electron chi connectivity index (χ0n) is 15.2. The number of aryl methyl sites for hydroxylation is 1. The van der Waals surface area contributed by atoms with E-state index >= 15 is 0 Å². The predicted octanol–water partition coefficient (Wildman–Crippen LogP) is 3.50. The third-order valence-electron chi connectivity index (χ3n) is 4.86. The molecule has 27 heavy (non-hydrogen) atoms. The minimum absolute atomic E-state index is 0.240. The van der Waals surface area contributed by atoms with Crippen LogP contribution in [0, 0.1) is 0 Å². The van der Waals surface area contributed by atoms with Gasteiger partial charge in [0, 0.05) is 34.6 Å². The first-order valence-corrected chi connectivity index (χ1v) is 10.5. The number of carbonyl (C=O) groups excluding carboxylic acids is 1. The summed E-state index contributed by atoms with van der Waals surface area (Å²) in [7, 11) is 0. The molecule has 1 saturated heterocycles. The number of fused-ring (bicyclic) bond motifs is 1. The summed E-state index contributed by atoms with van der Waals surface area (Å²) in [6.45, 7) is 5.35. The van der Waals surface area contributed by atoms with Crippen molar-refractivity contribution in [1.82, 2.24) is 14.0 Å². The Hall–Kier alpha value is -1.61. The fourth-order valence-corrected chi connectivity index (χ4v) is 5.02. The van der Waals surface area contributed by atoms with E-state index < -0.39 is 0 Å². The minimum atomic E-state index is -0.347. The number of halogens is 2. The molecular weight excluding hydrogens is 482 g/mol. The highest BCUT2D eigenvalue weighted by molar-refractivity contribution is 9.11. The zero-order chi connectivity index (χ0) is 19.7. The molecule has 0 spiro atoms. The summed E-state index contributed by atoms with van der Waals surface area (Å²) in [5.41, 5.74) is -0.000184. The number of nitrogens with zero attached hydrogens (tertiary/aromatic N) is 3. The van der Waals surface area contributed by atoms with Crippen molar-refractivity contribution in [3.05, 3.63) is 41.9 Å². The zero-order valence-corrected chi connectivity index (χ0v) is 18.4. The molecule has 1 aliphatic heterocycles. The van der Waals surface area contributed by atoms with Crippen LogP contribution >= 0.6 is 31.9 Å². The lowest BCUT2D eigenvalue weighted by Crippen LogP contribution is -2.47. The number of ether oxygens (including phenoxy) is 1. The fourth-order valence-electron chi connectivity index (χ4n) is 3.58. The standard InChI is InChI=1S/C18H21Br2N3O4/c1-3-22-15-13(9-11(19)10-14(15)20)16(24)23(17(22)25)12-5-7-21(8-6-12)18(26)27-4-2/h9-10,12H,3-8H2,1-2H3. The van der Waals surface area contributed by atoms with Crippen LogP contribution in [0.1, 0.15) is 32.7 Å². The summed E-state index contributed by atoms with van der Waals surface area (Å²) in [6, 6.07) is 3.34. The van der Waals surface area contributed by atoms with Crippen LogP contribution in [0.15, 0.2) is 30.7 Å². The predicted molar refractivity (Wildman–Crippen MR) is 110 cm³/mol. The first kappa shape index (κ1) is 20.1. The van der Waals surface area contributed by atoms with E-state index in [2.05, 4.69) is 31.9 Å². The number of aromatic nitrogens is 2. The van der Waals surface area contributed by atoms with Gasteiger partial charge in [-0.25, -0.2) is 9.59 Å². The topological polar surface area (TPSA) is 73.5 Å². The maximum atomic E-state index is 13.1. The van der Waals surface area contributed by atoms with Crippen molar-refractivity contribution < 1.29 is 9.53 Å². The van der Waals surface area contributed by atoms with Crippen LogP contribution in [0.5, 0.6) is 0 Å². The van der Waals surface area contributed by atoms with Crippen LogP contribution < -0.4 is 11.2 Å². The first-order chi connectivity index (χ1) is 12.9. The lowest BCUT2D eigenvalue weighted by atomic mass is 10.0. The Bertz CT molecular complexity index is 991. The molecule has 3 rings (SSSR count). The summed E-state index contributed by atoms with van der Waals surface area (Å²) in [6.07, 6.45) is 0.733. The molecular formula is C18H21Br2N3O4. The molecule has 2 aromatic rings. The Kier molecular flexibility index (Phi) is 6.10. The lowest BCUT2D eigenvalue weighted by Gasteiger charge is -2.32. The van der Waals surface area contributed by atoms with Crippen molar-refractivity contribution in [3.8, 4) is 0 Å². The smallest absolute Gasteiger partial charge is 0.409 e. The first-order valence-electron chi connectivity index (χ1n) is 8.94. The highest BCUT2D eigenvalue weighted by Gasteiger charge is 2.28. The second-order valence-electron chi connectivity index (χ2n) is 6.40. The van der Waals surface area contributed by atoms with Crippen molar-refractivity contribution >= 4 is 48.9 Å². The number of carbonyl (C=O) groups is 1. The van der Waals surface area contributed by atoms with Gasteiger partial charge in [0.15, 0.2) is 0 Å². The molecule has 0 N–H and O–H groups in total. The van der Waals surface area contributed by atoms with Crippen LogP contribution in [0.3, 0.4) is 0 Å². The van der Waals surface area contributed by atoms with Gasteiger partial charge in [0.2, 0.25) is 0 Å². The molecule has 1 aliphatic rings. The van der Waals surface area contributed by atoms with E-state index in [9.17, 15) is 14.4 Å². The van der Waals surface area contributed by atoms with E-state index in [1.165, 1.54) is 4.57 Å². The maximum absolute atomic E-state index is 13.1. The number of benzene rings is 1. The third kappa shape index (κ3) is 3.71. The van der Waals surface area contributed by atoms with Gasteiger partial charge in [-0.2, -0.15) is 0 Å². The molecule has 146 valence electrons. The average molecular weight is 503 g/mol. The largest absolute Gasteiger partial charge is 0.450 e. The van der Waals surface area contributed by atoms with E-state index in [0.717, 1.165) is 4.47 Å². The second kappa shape index (κ2) is 8.18. The van der Waals surface area contributed by atoms with Crippen LogP contribution in [-0.2, 0) is 11.3 Å². The number of hydrogen-bond acceptors (Lipinski definition) is 4. The molecule has 0 atom stereocenters. The minimum Gasteiger partial charge on any atom is -0.450 e. The number of hydrogen-bond donors (Lipinski definition) is 0. The Balaban J connectivity index is 2.05. The highest BCUT2D eigenvalue weighted by atomic mass is 79.9. The molecule has 1 aromatic carbocycles. The molecule has 0 radical (unpaired) electrons. The summed E-state index contributed by atoms with van der Waals surface area (Å²) in [5.74, 6) is 0. The summed E-state index contributed by atoms with van der Waals surface area (Å²) < 4.78 is 9.47. The molecule has 2 heterocycles. The molecule has 1 amide bonds. The Morgan fingerprint density at radius 3 is 2.44 bits per heavy atom. The van der Waals surface area contributed by atoms with Crippen molar-refractivity contribution in [3.63, 3.8) is 0 Å². The van der Waals surface area contributed by atoms with E-state index in [1.54, 1.807) is 22.5 Å². The molecule has 1 aromatic heterocycles. The monoisotopic (exact) mass is 501 g/mol. The molecule has 0 bridgehead atoms. The summed E-state index contributed by atoms with van der Waals surface area (Å²) >= 11 is 6.89. The number of amides is 1. The molecule has 7 nitrogen and oxygen atoms in total. The van der Waals surface area contributed by atoms with Gasteiger partial charge in [0.25, 0.3) is 5.56 Å². The van der Waals surface area contributed by atoms with Crippen molar-refractivity contribution in [1.29, 1.82) is 0 Å². The number of likely N-dealkylation sites (tertiary alicyclic amines) is 1. The van der Waals surface area contributed by atoms with Crippen molar-refractivity contribution in [2.45, 2.75) is 39.3 Å². The van der Waals surface area contributed by atoms with Gasteiger partial charge in [0.05, 0.1) is 17.5 Å². The highest BCUT2D eigenvalue weighted by Crippen LogP contribution is 2.27. The Morgan fingerprint density at radius 2 is 1.85 bits per heavy atom. The number of piperidine rings is 1. The van der Waals surface area contributed by atoms with E-state index in [1.807, 2.05) is 13.0 Å². The summed E-state index contributed by atoms with van der Waals surface area (Å²) in [5, 5.41) is 0.491. The van der Waals surface area contributed by atoms with Gasteiger partial charge in [-0.1, -0.05) is 15.9 Å². The van der Waals surface area contributed by atoms with Crippen LogP contribution in [0.25, 0.3) is 10.9 Å². The molecule has 9 heteroatoms. The average Bonchev–Trinajstić information content (AvgIpc) is 2.63. The molecule has 0 saturated carbocycles. The van der Waals surface area contributed by atoms with Gasteiger partial charge < -0.3 is 9.64 Å². The second-order valence-corrected chi connectivity index (χ2v) is 8.17.